The van der Waals surface area contributed by atoms with Gasteiger partial charge in [-0.3, -0.25) is 4.90 Å². The Balaban J connectivity index is 1.93. The van der Waals surface area contributed by atoms with Crippen LogP contribution in [0.5, 0.6) is 5.75 Å². The van der Waals surface area contributed by atoms with Gasteiger partial charge in [0.15, 0.2) is 0 Å². The third kappa shape index (κ3) is 3.76. The Hall–Kier alpha value is -1.43. The highest BCUT2D eigenvalue weighted by molar-refractivity contribution is 5.51. The van der Waals surface area contributed by atoms with Crippen molar-refractivity contribution in [2.45, 2.75) is 19.0 Å². The second kappa shape index (κ2) is 5.69. The average molecular weight is 274 g/mol. The van der Waals surface area contributed by atoms with Crippen LogP contribution in [0.2, 0.25) is 0 Å². The molecule has 0 unspecified atom stereocenters. The Kier molecular flexibility index (Phi) is 4.19. The summed E-state index contributed by atoms with van der Waals surface area (Å²) in [5, 5.41) is 0. The molecule has 1 saturated heterocycles. The first-order valence-corrected chi connectivity index (χ1v) is 6.29. The van der Waals surface area contributed by atoms with Gasteiger partial charge in [-0.05, 0) is 44.1 Å². The number of ether oxygens (including phenoxy) is 1. The number of alkyl halides is 3. The van der Waals surface area contributed by atoms with E-state index in [-0.39, 0.29) is 11.4 Å². The van der Waals surface area contributed by atoms with Crippen LogP contribution in [0.4, 0.5) is 18.9 Å². The highest BCUT2D eigenvalue weighted by Gasteiger charge is 2.33. The first-order chi connectivity index (χ1) is 8.97. The molecule has 1 aromatic carbocycles. The van der Waals surface area contributed by atoms with Crippen LogP contribution < -0.4 is 10.5 Å². The highest BCUT2D eigenvalue weighted by atomic mass is 19.4. The number of hydrogen-bond donors (Lipinski definition) is 1. The molecule has 1 heterocycles. The van der Waals surface area contributed by atoms with Gasteiger partial charge < -0.3 is 10.5 Å². The van der Waals surface area contributed by atoms with Gasteiger partial charge >= 0.3 is 6.18 Å². The minimum Gasteiger partial charge on any atom is -0.492 e. The Morgan fingerprint density at radius 3 is 2.53 bits per heavy atom. The van der Waals surface area contributed by atoms with E-state index >= 15 is 0 Å². The lowest BCUT2D eigenvalue weighted by molar-refractivity contribution is -0.137. The van der Waals surface area contributed by atoms with Crippen LogP contribution in [0.15, 0.2) is 18.2 Å². The van der Waals surface area contributed by atoms with Crippen LogP contribution in [0.3, 0.4) is 0 Å². The summed E-state index contributed by atoms with van der Waals surface area (Å²) in [5.41, 5.74) is 4.20. The third-order valence-corrected chi connectivity index (χ3v) is 3.21. The van der Waals surface area contributed by atoms with Crippen molar-refractivity contribution in [2.75, 3.05) is 32.0 Å². The topological polar surface area (TPSA) is 38.5 Å². The molecule has 1 aliphatic heterocycles. The monoisotopic (exact) mass is 274 g/mol. The van der Waals surface area contributed by atoms with E-state index in [4.69, 9.17) is 10.5 Å². The number of nitrogen functional groups attached to an aromatic ring is 1. The first kappa shape index (κ1) is 14.0. The molecule has 3 nitrogen and oxygen atoms in total. The quantitative estimate of drug-likeness (QED) is 0.858. The van der Waals surface area contributed by atoms with Gasteiger partial charge in [-0.2, -0.15) is 13.2 Å². The van der Waals surface area contributed by atoms with Gasteiger partial charge in [0.05, 0.1) is 5.56 Å². The zero-order valence-electron chi connectivity index (χ0n) is 10.5. The van der Waals surface area contributed by atoms with Crippen LogP contribution in [0, 0.1) is 0 Å². The third-order valence-electron chi connectivity index (χ3n) is 3.21. The molecular formula is C13H17F3N2O. The van der Waals surface area contributed by atoms with Crippen molar-refractivity contribution in [3.8, 4) is 5.75 Å². The van der Waals surface area contributed by atoms with Crippen molar-refractivity contribution in [3.05, 3.63) is 23.8 Å². The fourth-order valence-electron chi connectivity index (χ4n) is 2.17. The van der Waals surface area contributed by atoms with E-state index < -0.39 is 11.7 Å². The molecule has 1 aliphatic rings. The SMILES string of the molecule is Nc1ccc(OCCN2CCCC2)cc1C(F)(F)F. The lowest BCUT2D eigenvalue weighted by atomic mass is 10.1. The van der Waals surface area contributed by atoms with E-state index in [9.17, 15) is 13.2 Å². The van der Waals surface area contributed by atoms with Crippen molar-refractivity contribution in [2.24, 2.45) is 0 Å². The maximum absolute atomic E-state index is 12.7. The zero-order chi connectivity index (χ0) is 13.9. The molecule has 0 saturated carbocycles. The number of nitrogens with two attached hydrogens (primary N) is 1. The molecule has 0 aromatic heterocycles. The van der Waals surface area contributed by atoms with Crippen molar-refractivity contribution in [1.82, 2.24) is 4.90 Å². The molecule has 0 bridgehead atoms. The van der Waals surface area contributed by atoms with Crippen molar-refractivity contribution >= 4 is 5.69 Å². The summed E-state index contributed by atoms with van der Waals surface area (Å²) in [5.74, 6) is 0.209. The van der Waals surface area contributed by atoms with E-state index in [2.05, 4.69) is 4.90 Å². The smallest absolute Gasteiger partial charge is 0.418 e. The minimum atomic E-state index is -4.45. The number of halogens is 3. The van der Waals surface area contributed by atoms with Crippen LogP contribution >= 0.6 is 0 Å². The van der Waals surface area contributed by atoms with Crippen molar-refractivity contribution < 1.29 is 17.9 Å². The molecule has 0 amide bonds. The molecule has 106 valence electrons. The number of anilines is 1. The van der Waals surface area contributed by atoms with Gasteiger partial charge in [-0.1, -0.05) is 0 Å². The van der Waals surface area contributed by atoms with E-state index in [0.29, 0.717) is 6.61 Å². The van der Waals surface area contributed by atoms with Gasteiger partial charge in [0.2, 0.25) is 0 Å². The Bertz CT molecular complexity index is 428. The fourth-order valence-corrected chi connectivity index (χ4v) is 2.17. The molecular weight excluding hydrogens is 257 g/mol. The van der Waals surface area contributed by atoms with Crippen LogP contribution in [-0.4, -0.2) is 31.1 Å². The summed E-state index contributed by atoms with van der Waals surface area (Å²) in [7, 11) is 0. The van der Waals surface area contributed by atoms with E-state index in [0.717, 1.165) is 25.7 Å². The average Bonchev–Trinajstić information content (AvgIpc) is 2.83. The van der Waals surface area contributed by atoms with Crippen molar-refractivity contribution in [1.29, 1.82) is 0 Å². The largest absolute Gasteiger partial charge is 0.492 e. The van der Waals surface area contributed by atoms with Gasteiger partial charge in [0, 0.05) is 12.2 Å². The molecule has 0 radical (unpaired) electrons. The Morgan fingerprint density at radius 2 is 1.89 bits per heavy atom. The summed E-state index contributed by atoms with van der Waals surface area (Å²) in [6.45, 7) is 3.21. The lowest BCUT2D eigenvalue weighted by Gasteiger charge is -2.16. The van der Waals surface area contributed by atoms with E-state index in [1.165, 1.54) is 25.0 Å². The molecule has 1 aromatic rings. The molecule has 6 heteroatoms. The second-order valence-electron chi connectivity index (χ2n) is 4.64. The molecule has 1 fully saturated rings. The summed E-state index contributed by atoms with van der Waals surface area (Å²) >= 11 is 0. The summed E-state index contributed by atoms with van der Waals surface area (Å²) < 4.78 is 43.3. The molecule has 19 heavy (non-hydrogen) atoms. The van der Waals surface area contributed by atoms with Gasteiger partial charge in [-0.15, -0.1) is 0 Å². The summed E-state index contributed by atoms with van der Waals surface area (Å²) in [6, 6.07) is 3.65. The fraction of sp³-hybridized carbons (Fsp3) is 0.538. The number of hydrogen-bond acceptors (Lipinski definition) is 3. The zero-order valence-corrected chi connectivity index (χ0v) is 10.5. The standard InChI is InChI=1S/C13H17F3N2O/c14-13(15,16)11-9-10(3-4-12(11)17)19-8-7-18-5-1-2-6-18/h3-4,9H,1-2,5-8,17H2. The minimum absolute atomic E-state index is 0.209. The molecule has 2 rings (SSSR count). The Morgan fingerprint density at radius 1 is 1.21 bits per heavy atom. The summed E-state index contributed by atoms with van der Waals surface area (Å²) in [6.07, 6.45) is -2.08. The van der Waals surface area contributed by atoms with Crippen molar-refractivity contribution in [3.63, 3.8) is 0 Å². The highest BCUT2D eigenvalue weighted by Crippen LogP contribution is 2.35. The van der Waals surface area contributed by atoms with Crippen LogP contribution in [0.25, 0.3) is 0 Å². The van der Waals surface area contributed by atoms with E-state index in [1.807, 2.05) is 0 Å². The number of rotatable bonds is 4. The Labute approximate surface area is 110 Å². The molecule has 0 spiro atoms. The van der Waals surface area contributed by atoms with Crippen LogP contribution in [-0.2, 0) is 6.18 Å². The maximum atomic E-state index is 12.7. The maximum Gasteiger partial charge on any atom is 0.418 e. The predicted molar refractivity (Wildman–Crippen MR) is 67.0 cm³/mol. The van der Waals surface area contributed by atoms with Gasteiger partial charge in [-0.25, -0.2) is 0 Å². The molecule has 2 N–H and O–H groups in total. The van der Waals surface area contributed by atoms with Gasteiger partial charge in [0.25, 0.3) is 0 Å². The molecule has 0 atom stereocenters. The van der Waals surface area contributed by atoms with E-state index in [1.54, 1.807) is 0 Å². The lowest BCUT2D eigenvalue weighted by Crippen LogP contribution is -2.25. The van der Waals surface area contributed by atoms with Gasteiger partial charge in [0.1, 0.15) is 12.4 Å². The number of likely N-dealkylation sites (tertiary alicyclic amines) is 1. The molecule has 0 aliphatic carbocycles. The number of nitrogens with zero attached hydrogens (tertiary/aromatic N) is 1. The second-order valence-corrected chi connectivity index (χ2v) is 4.64. The number of benzene rings is 1. The predicted octanol–water partition coefficient (Wildman–Crippen LogP) is 2.76. The van der Waals surface area contributed by atoms with Crippen LogP contribution in [0.1, 0.15) is 18.4 Å². The normalized spacial score (nSPS) is 16.8. The first-order valence-electron chi connectivity index (χ1n) is 6.29. The summed E-state index contributed by atoms with van der Waals surface area (Å²) in [4.78, 5) is 2.24.